The lowest BCUT2D eigenvalue weighted by atomic mass is 10.0. The van der Waals surface area contributed by atoms with Gasteiger partial charge in [-0.3, -0.25) is 9.59 Å². The zero-order valence-electron chi connectivity index (χ0n) is 28.5. The van der Waals surface area contributed by atoms with Crippen LogP contribution < -0.4 is 25.8 Å². The molecule has 13 heteroatoms. The lowest BCUT2D eigenvalue weighted by Crippen LogP contribution is -2.41. The Kier molecular flexibility index (Phi) is 10.3. The van der Waals surface area contributed by atoms with Gasteiger partial charge in [0.1, 0.15) is 11.4 Å². The first-order valence-corrected chi connectivity index (χ1v) is 17.2. The molecule has 0 spiro atoms. The largest absolute Gasteiger partial charge is 0.497 e. The number of carbonyl (C=O) groups excluding carboxylic acids is 2. The highest BCUT2D eigenvalue weighted by atomic mass is 35.5. The zero-order valence-corrected chi connectivity index (χ0v) is 30.0. The second kappa shape index (κ2) is 14.6. The van der Waals surface area contributed by atoms with Gasteiger partial charge in [0.2, 0.25) is 5.95 Å². The third-order valence-electron chi connectivity index (χ3n) is 8.68. The number of methoxy groups -OCH3 is 1. The molecule has 11 nitrogen and oxygen atoms in total. The van der Waals surface area contributed by atoms with Gasteiger partial charge in [0, 0.05) is 43.0 Å². The fraction of sp³-hybridized carbons (Fsp3) is 0.351. The first-order chi connectivity index (χ1) is 23.9. The van der Waals surface area contributed by atoms with Crippen LogP contribution in [0.25, 0.3) is 5.69 Å². The molecular formula is C37H40Cl2N6O5. The van der Waals surface area contributed by atoms with Gasteiger partial charge in [0.15, 0.2) is 0 Å². The molecule has 2 N–H and O–H groups in total. The van der Waals surface area contributed by atoms with Crippen LogP contribution in [0.2, 0.25) is 10.0 Å². The summed E-state index contributed by atoms with van der Waals surface area (Å²) in [7, 11) is 1.62. The quantitative estimate of drug-likeness (QED) is 0.213. The van der Waals surface area contributed by atoms with Crippen molar-refractivity contribution in [3.05, 3.63) is 110 Å². The minimum atomic E-state index is -0.562. The number of amides is 2. The number of aromatic nitrogens is 2. The molecule has 0 radical (unpaired) electrons. The molecule has 50 heavy (non-hydrogen) atoms. The Morgan fingerprint density at radius 2 is 1.68 bits per heavy atom. The number of nitrogens with zero attached hydrogens (tertiary/aromatic N) is 4. The van der Waals surface area contributed by atoms with E-state index in [1.54, 1.807) is 34.8 Å². The summed E-state index contributed by atoms with van der Waals surface area (Å²) in [5, 5.41) is 7.01. The van der Waals surface area contributed by atoms with Crippen molar-refractivity contribution in [1.29, 1.82) is 0 Å². The highest BCUT2D eigenvalue weighted by molar-refractivity contribution is 6.42. The SMILES string of the molecule is COc1ccc(CNc2nc3c(c(=O)n2-c2ccc(N4CCC(NC(=O)OC(C)(C)C)C4)cc2)CCN(C(=O)c2ccc(Cl)c(Cl)c2)C3)cc1. The van der Waals surface area contributed by atoms with Gasteiger partial charge < -0.3 is 29.9 Å². The van der Waals surface area contributed by atoms with E-state index >= 15 is 0 Å². The summed E-state index contributed by atoms with van der Waals surface area (Å²) in [5.74, 6) is 0.896. The van der Waals surface area contributed by atoms with Crippen molar-refractivity contribution in [1.82, 2.24) is 19.8 Å². The van der Waals surface area contributed by atoms with Crippen LogP contribution in [0, 0.1) is 0 Å². The molecule has 0 aliphatic carbocycles. The molecule has 3 aromatic carbocycles. The fourth-order valence-electron chi connectivity index (χ4n) is 6.16. The predicted octanol–water partition coefficient (Wildman–Crippen LogP) is 6.46. The minimum absolute atomic E-state index is 0.0334. The normalized spacial score (nSPS) is 15.8. The lowest BCUT2D eigenvalue weighted by Gasteiger charge is -2.29. The van der Waals surface area contributed by atoms with Gasteiger partial charge in [-0.25, -0.2) is 14.3 Å². The minimum Gasteiger partial charge on any atom is -0.497 e. The summed E-state index contributed by atoms with van der Waals surface area (Å²) < 4.78 is 12.3. The number of benzene rings is 3. The molecule has 1 fully saturated rings. The van der Waals surface area contributed by atoms with E-state index in [2.05, 4.69) is 15.5 Å². The van der Waals surface area contributed by atoms with Crippen LogP contribution in [0.5, 0.6) is 5.75 Å². The third-order valence-corrected chi connectivity index (χ3v) is 9.42. The van der Waals surface area contributed by atoms with Crippen molar-refractivity contribution in [2.75, 3.05) is 37.0 Å². The first kappa shape index (κ1) is 35.1. The van der Waals surface area contributed by atoms with Gasteiger partial charge in [-0.1, -0.05) is 35.3 Å². The number of rotatable bonds is 8. The summed E-state index contributed by atoms with van der Waals surface area (Å²) in [6.45, 7) is 7.87. The molecule has 1 unspecified atom stereocenters. The van der Waals surface area contributed by atoms with Crippen molar-refractivity contribution in [3.8, 4) is 11.4 Å². The molecule has 1 saturated heterocycles. The lowest BCUT2D eigenvalue weighted by molar-refractivity contribution is 0.0508. The summed E-state index contributed by atoms with van der Waals surface area (Å²) in [4.78, 5) is 48.7. The van der Waals surface area contributed by atoms with Crippen LogP contribution in [0.4, 0.5) is 16.4 Å². The number of anilines is 2. The van der Waals surface area contributed by atoms with Gasteiger partial charge in [-0.05, 0) is 93.8 Å². The topological polar surface area (TPSA) is 118 Å². The van der Waals surface area contributed by atoms with Crippen LogP contribution in [-0.2, 0) is 24.2 Å². The van der Waals surface area contributed by atoms with E-state index in [-0.39, 0.29) is 24.1 Å². The molecular weight excluding hydrogens is 679 g/mol. The number of fused-ring (bicyclic) bond motifs is 1. The summed E-state index contributed by atoms with van der Waals surface area (Å²) in [5.41, 5.74) is 3.38. The van der Waals surface area contributed by atoms with Gasteiger partial charge in [-0.15, -0.1) is 0 Å². The molecule has 3 heterocycles. The Hall–Kier alpha value is -4.74. The third kappa shape index (κ3) is 8.00. The molecule has 2 aliphatic rings. The molecule has 0 bridgehead atoms. The van der Waals surface area contributed by atoms with E-state index < -0.39 is 11.7 Å². The maximum atomic E-state index is 14.2. The molecule has 2 aliphatic heterocycles. The Morgan fingerprint density at radius 1 is 0.960 bits per heavy atom. The maximum Gasteiger partial charge on any atom is 0.407 e. The number of alkyl carbamates (subject to hydrolysis) is 1. The van der Waals surface area contributed by atoms with Gasteiger partial charge in [-0.2, -0.15) is 0 Å². The molecule has 4 aromatic rings. The first-order valence-electron chi connectivity index (χ1n) is 16.5. The standard InChI is InChI=1S/C37H40Cl2N6O5/c1-37(2,3)50-36(48)41-25-15-17-43(21-25)26-8-10-27(11-9-26)45-34(47)29-16-18-44(33(46)24-7-14-30(38)31(39)19-24)22-32(29)42-35(45)40-20-23-5-12-28(49-4)13-6-23/h5-14,19,25H,15-18,20-22H2,1-4H3,(H,40,42)(H,41,48). The van der Waals surface area contributed by atoms with Crippen LogP contribution in [0.15, 0.2) is 71.5 Å². The summed E-state index contributed by atoms with van der Waals surface area (Å²) in [6, 6.07) is 20.2. The highest BCUT2D eigenvalue weighted by Crippen LogP contribution is 2.27. The van der Waals surface area contributed by atoms with Crippen LogP contribution >= 0.6 is 23.2 Å². The van der Waals surface area contributed by atoms with Crippen LogP contribution in [0.3, 0.4) is 0 Å². The highest BCUT2D eigenvalue weighted by Gasteiger charge is 2.29. The van der Waals surface area contributed by atoms with Gasteiger partial charge in [0.25, 0.3) is 11.5 Å². The second-order valence-corrected chi connectivity index (χ2v) is 14.2. The van der Waals surface area contributed by atoms with Crippen LogP contribution in [0.1, 0.15) is 54.4 Å². The second-order valence-electron chi connectivity index (χ2n) is 13.4. The number of halogens is 2. The van der Waals surface area contributed by atoms with E-state index in [0.29, 0.717) is 64.6 Å². The Labute approximate surface area is 301 Å². The van der Waals surface area contributed by atoms with Gasteiger partial charge in [0.05, 0.1) is 41.1 Å². The van der Waals surface area contributed by atoms with E-state index in [0.717, 1.165) is 30.0 Å². The smallest absolute Gasteiger partial charge is 0.407 e. The van der Waals surface area contributed by atoms with E-state index in [9.17, 15) is 14.4 Å². The van der Waals surface area contributed by atoms with Crippen molar-refractivity contribution in [2.45, 2.75) is 58.3 Å². The average molecular weight is 720 g/mol. The number of nitrogens with one attached hydrogen (secondary N) is 2. The van der Waals surface area contributed by atoms with E-state index in [1.807, 2.05) is 69.3 Å². The number of hydrogen-bond donors (Lipinski definition) is 2. The summed E-state index contributed by atoms with van der Waals surface area (Å²) >= 11 is 12.3. The average Bonchev–Trinajstić information content (AvgIpc) is 3.55. The monoisotopic (exact) mass is 718 g/mol. The van der Waals surface area contributed by atoms with Gasteiger partial charge >= 0.3 is 6.09 Å². The van der Waals surface area contributed by atoms with E-state index in [4.69, 9.17) is 37.7 Å². The number of ether oxygens (including phenoxy) is 2. The Bertz CT molecular complexity index is 1940. The molecule has 262 valence electrons. The maximum absolute atomic E-state index is 14.2. The number of hydrogen-bond acceptors (Lipinski definition) is 8. The number of carbonyl (C=O) groups is 2. The fourth-order valence-corrected chi connectivity index (χ4v) is 6.45. The molecule has 1 aromatic heterocycles. The Balaban J connectivity index is 1.25. The van der Waals surface area contributed by atoms with Crippen molar-refractivity contribution in [2.24, 2.45) is 0 Å². The Morgan fingerprint density at radius 3 is 2.36 bits per heavy atom. The van der Waals surface area contributed by atoms with Crippen molar-refractivity contribution >= 4 is 46.8 Å². The summed E-state index contributed by atoms with van der Waals surface area (Å²) in [6.07, 6.45) is 0.722. The molecule has 6 rings (SSSR count). The zero-order chi connectivity index (χ0) is 35.6. The molecule has 2 amide bonds. The van der Waals surface area contributed by atoms with E-state index in [1.165, 1.54) is 0 Å². The van der Waals surface area contributed by atoms with Crippen molar-refractivity contribution < 1.29 is 19.1 Å². The van der Waals surface area contributed by atoms with Crippen molar-refractivity contribution in [3.63, 3.8) is 0 Å². The predicted molar refractivity (Wildman–Crippen MR) is 195 cm³/mol. The molecule has 1 atom stereocenters. The van der Waals surface area contributed by atoms with Crippen LogP contribution in [-0.4, -0.2) is 64.8 Å². The molecule has 0 saturated carbocycles.